The lowest BCUT2D eigenvalue weighted by molar-refractivity contribution is 0.102. The van der Waals surface area contributed by atoms with Crippen LogP contribution in [-0.4, -0.2) is 33.9 Å². The minimum Gasteiger partial charge on any atom is -0.357 e. The summed E-state index contributed by atoms with van der Waals surface area (Å²) >= 11 is 0. The molecule has 0 spiro atoms. The van der Waals surface area contributed by atoms with E-state index in [0.717, 1.165) is 35.6 Å². The van der Waals surface area contributed by atoms with Crippen LogP contribution in [0.15, 0.2) is 42.9 Å². The predicted octanol–water partition coefficient (Wildman–Crippen LogP) is 3.20. The molecule has 0 bridgehead atoms. The van der Waals surface area contributed by atoms with Crippen LogP contribution >= 0.6 is 0 Å². The Balaban J connectivity index is 1.52. The minimum absolute atomic E-state index is 0.137. The Morgan fingerprint density at radius 2 is 1.96 bits per heavy atom. The quantitative estimate of drug-likeness (QED) is 0.777. The number of rotatable bonds is 3. The molecule has 0 aliphatic carbocycles. The van der Waals surface area contributed by atoms with Crippen LogP contribution in [-0.2, 0) is 0 Å². The average molecular weight is 321 g/mol. The van der Waals surface area contributed by atoms with Crippen molar-refractivity contribution in [2.75, 3.05) is 23.3 Å². The number of H-pyrrole nitrogens is 1. The van der Waals surface area contributed by atoms with E-state index in [1.165, 1.54) is 19.3 Å². The van der Waals surface area contributed by atoms with Crippen molar-refractivity contribution in [1.82, 2.24) is 15.0 Å². The number of nitrogens with one attached hydrogen (secondary N) is 2. The van der Waals surface area contributed by atoms with Gasteiger partial charge in [-0.15, -0.1) is 0 Å². The van der Waals surface area contributed by atoms with Gasteiger partial charge in [0, 0.05) is 36.6 Å². The van der Waals surface area contributed by atoms with E-state index in [4.69, 9.17) is 0 Å². The molecule has 2 N–H and O–H groups in total. The number of carbonyl (C=O) groups is 1. The first-order valence-electron chi connectivity index (χ1n) is 8.25. The molecule has 1 aliphatic rings. The SMILES string of the molecule is O=C(Nc1ccnc(N2CCCCC2)c1)c1ccc2nc[nH]c2c1. The van der Waals surface area contributed by atoms with E-state index in [9.17, 15) is 4.79 Å². The fraction of sp³-hybridized carbons (Fsp3) is 0.278. The van der Waals surface area contributed by atoms with Gasteiger partial charge in [-0.2, -0.15) is 0 Å². The van der Waals surface area contributed by atoms with Gasteiger partial charge in [-0.25, -0.2) is 9.97 Å². The first-order chi connectivity index (χ1) is 11.8. The number of hydrogen-bond donors (Lipinski definition) is 2. The topological polar surface area (TPSA) is 73.9 Å². The van der Waals surface area contributed by atoms with Crippen LogP contribution in [0, 0.1) is 0 Å². The van der Waals surface area contributed by atoms with Gasteiger partial charge < -0.3 is 15.2 Å². The molecule has 1 amide bonds. The Morgan fingerprint density at radius 3 is 2.83 bits per heavy atom. The Hall–Kier alpha value is -2.89. The maximum absolute atomic E-state index is 12.5. The molecular formula is C18H19N5O. The standard InChI is InChI=1S/C18H19N5O/c24-18(13-4-5-15-16(10-13)21-12-20-15)22-14-6-7-19-17(11-14)23-8-2-1-3-9-23/h4-7,10-12H,1-3,8-9H2,(H,20,21)(H,19,22,24). The van der Waals surface area contributed by atoms with E-state index in [-0.39, 0.29) is 5.91 Å². The highest BCUT2D eigenvalue weighted by Crippen LogP contribution is 2.21. The van der Waals surface area contributed by atoms with Crippen molar-refractivity contribution in [3.63, 3.8) is 0 Å². The minimum atomic E-state index is -0.137. The molecule has 1 fully saturated rings. The second-order valence-corrected chi connectivity index (χ2v) is 6.04. The van der Waals surface area contributed by atoms with Crippen molar-refractivity contribution in [3.05, 3.63) is 48.4 Å². The van der Waals surface area contributed by atoms with E-state index < -0.39 is 0 Å². The monoisotopic (exact) mass is 321 g/mol. The van der Waals surface area contributed by atoms with E-state index in [0.29, 0.717) is 5.56 Å². The summed E-state index contributed by atoms with van der Waals surface area (Å²) in [5, 5.41) is 2.95. The van der Waals surface area contributed by atoms with E-state index >= 15 is 0 Å². The molecule has 6 heteroatoms. The molecule has 1 aromatic carbocycles. The van der Waals surface area contributed by atoms with Crippen LogP contribution in [0.1, 0.15) is 29.6 Å². The Labute approximate surface area is 139 Å². The van der Waals surface area contributed by atoms with E-state index in [2.05, 4.69) is 25.2 Å². The molecule has 0 saturated carbocycles. The van der Waals surface area contributed by atoms with Crippen molar-refractivity contribution < 1.29 is 4.79 Å². The molecule has 0 radical (unpaired) electrons. The van der Waals surface area contributed by atoms with Crippen LogP contribution in [0.25, 0.3) is 11.0 Å². The van der Waals surface area contributed by atoms with Crippen LogP contribution in [0.2, 0.25) is 0 Å². The zero-order chi connectivity index (χ0) is 16.4. The number of nitrogens with zero attached hydrogens (tertiary/aromatic N) is 3. The molecule has 4 rings (SSSR count). The molecule has 3 heterocycles. The highest BCUT2D eigenvalue weighted by atomic mass is 16.1. The molecule has 2 aromatic heterocycles. The number of aromatic amines is 1. The van der Waals surface area contributed by atoms with Crippen LogP contribution in [0.3, 0.4) is 0 Å². The number of pyridine rings is 1. The number of hydrogen-bond acceptors (Lipinski definition) is 4. The Kier molecular flexibility index (Phi) is 3.86. The van der Waals surface area contributed by atoms with Crippen molar-refractivity contribution in [1.29, 1.82) is 0 Å². The Morgan fingerprint density at radius 1 is 1.08 bits per heavy atom. The second-order valence-electron chi connectivity index (χ2n) is 6.04. The van der Waals surface area contributed by atoms with Gasteiger partial charge in [0.2, 0.25) is 0 Å². The molecule has 1 aliphatic heterocycles. The van der Waals surface area contributed by atoms with Crippen molar-refractivity contribution in [2.24, 2.45) is 0 Å². The summed E-state index contributed by atoms with van der Waals surface area (Å²) in [6, 6.07) is 9.19. The molecule has 24 heavy (non-hydrogen) atoms. The summed E-state index contributed by atoms with van der Waals surface area (Å²) < 4.78 is 0. The summed E-state index contributed by atoms with van der Waals surface area (Å²) in [4.78, 5) is 26.4. The lowest BCUT2D eigenvalue weighted by Crippen LogP contribution is -2.30. The van der Waals surface area contributed by atoms with Crippen molar-refractivity contribution >= 4 is 28.4 Å². The van der Waals surface area contributed by atoms with Gasteiger partial charge in [0.1, 0.15) is 5.82 Å². The third-order valence-electron chi connectivity index (χ3n) is 4.37. The normalized spacial score (nSPS) is 14.8. The zero-order valence-electron chi connectivity index (χ0n) is 13.3. The number of fused-ring (bicyclic) bond motifs is 1. The smallest absolute Gasteiger partial charge is 0.255 e. The predicted molar refractivity (Wildman–Crippen MR) is 94.3 cm³/mol. The lowest BCUT2D eigenvalue weighted by atomic mass is 10.1. The molecule has 3 aromatic rings. The highest BCUT2D eigenvalue weighted by Gasteiger charge is 2.13. The summed E-state index contributed by atoms with van der Waals surface area (Å²) in [5.41, 5.74) is 3.07. The largest absolute Gasteiger partial charge is 0.357 e. The van der Waals surface area contributed by atoms with E-state index in [1.54, 1.807) is 18.6 Å². The lowest BCUT2D eigenvalue weighted by Gasteiger charge is -2.27. The Bertz CT molecular complexity index is 866. The number of amides is 1. The van der Waals surface area contributed by atoms with Gasteiger partial charge >= 0.3 is 0 Å². The van der Waals surface area contributed by atoms with Gasteiger partial charge in [0.15, 0.2) is 0 Å². The van der Waals surface area contributed by atoms with Gasteiger partial charge in [-0.1, -0.05) is 0 Å². The maximum Gasteiger partial charge on any atom is 0.255 e. The molecule has 122 valence electrons. The number of carbonyl (C=O) groups excluding carboxylic acids is 1. The average Bonchev–Trinajstić information content (AvgIpc) is 3.10. The van der Waals surface area contributed by atoms with Crippen LogP contribution < -0.4 is 10.2 Å². The fourth-order valence-electron chi connectivity index (χ4n) is 3.07. The maximum atomic E-state index is 12.5. The molecule has 1 saturated heterocycles. The van der Waals surface area contributed by atoms with Crippen LogP contribution in [0.4, 0.5) is 11.5 Å². The summed E-state index contributed by atoms with van der Waals surface area (Å²) in [5.74, 6) is 0.791. The molecular weight excluding hydrogens is 302 g/mol. The van der Waals surface area contributed by atoms with Gasteiger partial charge in [-0.3, -0.25) is 4.79 Å². The number of imidazole rings is 1. The first kappa shape index (κ1) is 14.7. The zero-order valence-corrected chi connectivity index (χ0v) is 13.3. The van der Waals surface area contributed by atoms with Gasteiger partial charge in [0.05, 0.1) is 17.4 Å². The van der Waals surface area contributed by atoms with Gasteiger partial charge in [-0.05, 0) is 43.5 Å². The summed E-state index contributed by atoms with van der Waals surface area (Å²) in [6.45, 7) is 2.06. The third-order valence-corrected chi connectivity index (χ3v) is 4.37. The first-order valence-corrected chi connectivity index (χ1v) is 8.25. The molecule has 0 atom stereocenters. The van der Waals surface area contributed by atoms with Gasteiger partial charge in [0.25, 0.3) is 5.91 Å². The van der Waals surface area contributed by atoms with Crippen molar-refractivity contribution in [3.8, 4) is 0 Å². The second kappa shape index (κ2) is 6.31. The summed E-state index contributed by atoms with van der Waals surface area (Å²) in [7, 11) is 0. The number of aromatic nitrogens is 3. The van der Waals surface area contributed by atoms with Crippen molar-refractivity contribution in [2.45, 2.75) is 19.3 Å². The number of piperidine rings is 1. The van der Waals surface area contributed by atoms with Crippen LogP contribution in [0.5, 0.6) is 0 Å². The molecule has 0 unspecified atom stereocenters. The third kappa shape index (κ3) is 2.95. The highest BCUT2D eigenvalue weighted by molar-refractivity contribution is 6.06. The molecule has 6 nitrogen and oxygen atoms in total. The number of anilines is 2. The fourth-order valence-corrected chi connectivity index (χ4v) is 3.07. The number of benzene rings is 1. The summed E-state index contributed by atoms with van der Waals surface area (Å²) in [6.07, 6.45) is 7.05. The van der Waals surface area contributed by atoms with E-state index in [1.807, 2.05) is 24.3 Å².